The molecule has 0 fully saturated rings. The molecule has 0 aliphatic rings. The normalized spacial score (nSPS) is 9.11. The Morgan fingerprint density at radius 2 is 2.33 bits per heavy atom. The fourth-order valence-electron chi connectivity index (χ4n) is 0.592. The highest BCUT2D eigenvalue weighted by Gasteiger charge is 1.97. The Hall–Kier alpha value is -0.810. The van der Waals surface area contributed by atoms with Crippen LogP contribution in [0.25, 0.3) is 0 Å². The molecule has 0 amide bonds. The zero-order chi connectivity index (χ0) is 7.28. The number of nitrogens with zero attached hydrogens (tertiary/aromatic N) is 1. The molecule has 0 N–H and O–H groups in total. The molecule has 2 heteroatoms. The van der Waals surface area contributed by atoms with Gasteiger partial charge < -0.3 is 0 Å². The highest BCUT2D eigenvalue weighted by molar-refractivity contribution is 5.77. The predicted molar refractivity (Wildman–Crippen MR) is 37.0 cm³/mol. The zero-order valence-corrected chi connectivity index (χ0v) is 5.85. The maximum atomic E-state index is 10.4. The first-order valence-corrected chi connectivity index (χ1v) is 2.78. The molecule has 0 aliphatic heterocycles. The van der Waals surface area contributed by atoms with Crippen LogP contribution >= 0.6 is 0 Å². The summed E-state index contributed by atoms with van der Waals surface area (Å²) >= 11 is 0. The molecule has 0 aromatic rings. The van der Waals surface area contributed by atoms with Crippen molar-refractivity contribution in [3.8, 4) is 12.3 Å². The van der Waals surface area contributed by atoms with Crippen LogP contribution in [0.3, 0.4) is 0 Å². The number of rotatable bonds is 3. The molecule has 2 nitrogen and oxygen atoms in total. The van der Waals surface area contributed by atoms with Gasteiger partial charge in [-0.1, -0.05) is 5.92 Å². The van der Waals surface area contributed by atoms with Gasteiger partial charge in [0.1, 0.15) is 5.78 Å². The van der Waals surface area contributed by atoms with E-state index >= 15 is 0 Å². The first kappa shape index (κ1) is 8.19. The van der Waals surface area contributed by atoms with Crippen LogP contribution in [0.2, 0.25) is 0 Å². The van der Waals surface area contributed by atoms with E-state index in [1.165, 1.54) is 0 Å². The lowest BCUT2D eigenvalue weighted by molar-refractivity contribution is -0.117. The van der Waals surface area contributed by atoms with Crippen LogP contribution in [0, 0.1) is 12.3 Å². The van der Waals surface area contributed by atoms with Crippen LogP contribution in [0.5, 0.6) is 0 Å². The van der Waals surface area contributed by atoms with Gasteiger partial charge in [-0.2, -0.15) is 0 Å². The number of hydrogen-bond donors (Lipinski definition) is 0. The molecule has 0 saturated heterocycles. The van der Waals surface area contributed by atoms with Gasteiger partial charge in [0.25, 0.3) is 0 Å². The van der Waals surface area contributed by atoms with E-state index in [1.54, 1.807) is 11.8 Å². The Balaban J connectivity index is 3.40. The fraction of sp³-hybridized carbons (Fsp3) is 0.571. The third-order valence-electron chi connectivity index (χ3n) is 0.854. The van der Waals surface area contributed by atoms with Gasteiger partial charge >= 0.3 is 0 Å². The molecule has 0 aromatic carbocycles. The number of carbonyl (C=O) groups is 1. The van der Waals surface area contributed by atoms with Gasteiger partial charge in [0, 0.05) is 0 Å². The molecule has 0 bridgehead atoms. The minimum Gasteiger partial charge on any atom is -0.299 e. The summed E-state index contributed by atoms with van der Waals surface area (Å²) in [4.78, 5) is 12.2. The van der Waals surface area contributed by atoms with E-state index in [9.17, 15) is 4.79 Å². The van der Waals surface area contributed by atoms with Crippen LogP contribution in [0.1, 0.15) is 6.92 Å². The second-order valence-corrected chi connectivity index (χ2v) is 2.08. The molecule has 0 spiro atoms. The molecule has 0 aromatic heterocycles. The second-order valence-electron chi connectivity index (χ2n) is 2.08. The largest absolute Gasteiger partial charge is 0.299 e. The van der Waals surface area contributed by atoms with Gasteiger partial charge in [-0.3, -0.25) is 9.69 Å². The zero-order valence-electron chi connectivity index (χ0n) is 5.85. The highest BCUT2D eigenvalue weighted by Crippen LogP contribution is 1.79. The minimum atomic E-state index is 0.146. The van der Waals surface area contributed by atoms with Gasteiger partial charge in [-0.05, 0) is 14.0 Å². The maximum absolute atomic E-state index is 10.4. The summed E-state index contributed by atoms with van der Waals surface area (Å²) < 4.78 is 0. The van der Waals surface area contributed by atoms with Crippen molar-refractivity contribution >= 4 is 5.78 Å². The molecule has 0 heterocycles. The number of likely N-dealkylation sites (N-methyl/N-ethyl adjacent to an activating group) is 1. The van der Waals surface area contributed by atoms with Crippen LogP contribution in [0.4, 0.5) is 0 Å². The van der Waals surface area contributed by atoms with Crippen molar-refractivity contribution in [3.05, 3.63) is 0 Å². The average molecular weight is 125 g/mol. The Bertz CT molecular complexity index is 134. The van der Waals surface area contributed by atoms with E-state index in [1.807, 2.05) is 7.05 Å². The number of ketones is 1. The molecule has 0 aliphatic carbocycles. The third-order valence-corrected chi connectivity index (χ3v) is 0.854. The summed E-state index contributed by atoms with van der Waals surface area (Å²) in [7, 11) is 1.82. The number of Topliss-reactive ketones (excluding diaryl/α,β-unsaturated/α-hetero) is 1. The van der Waals surface area contributed by atoms with Crippen LogP contribution in [0.15, 0.2) is 0 Å². The van der Waals surface area contributed by atoms with E-state index in [0.29, 0.717) is 13.1 Å². The Morgan fingerprint density at radius 1 is 1.78 bits per heavy atom. The SMILES string of the molecule is C#CCN(C)CC(C)=O. The van der Waals surface area contributed by atoms with Crippen LogP contribution in [-0.4, -0.2) is 30.8 Å². The summed E-state index contributed by atoms with van der Waals surface area (Å²) in [6.07, 6.45) is 5.00. The van der Waals surface area contributed by atoms with Gasteiger partial charge in [0.15, 0.2) is 0 Å². The van der Waals surface area contributed by atoms with Gasteiger partial charge in [-0.15, -0.1) is 6.42 Å². The van der Waals surface area contributed by atoms with Gasteiger partial charge in [-0.25, -0.2) is 0 Å². The lowest BCUT2D eigenvalue weighted by Crippen LogP contribution is -2.24. The second kappa shape index (κ2) is 4.11. The molecular formula is C7H11NO. The third kappa shape index (κ3) is 5.05. The predicted octanol–water partition coefficient (Wildman–Crippen LogP) is 0.140. The maximum Gasteiger partial charge on any atom is 0.143 e. The van der Waals surface area contributed by atoms with E-state index < -0.39 is 0 Å². The average Bonchev–Trinajstić information content (AvgIpc) is 1.63. The molecule has 50 valence electrons. The summed E-state index contributed by atoms with van der Waals surface area (Å²) in [6, 6.07) is 0. The summed E-state index contributed by atoms with van der Waals surface area (Å²) in [6.45, 7) is 2.54. The molecule has 0 saturated carbocycles. The molecule has 9 heavy (non-hydrogen) atoms. The first-order chi connectivity index (χ1) is 4.16. The number of terminal acetylenes is 1. The van der Waals surface area contributed by atoms with Crippen molar-refractivity contribution in [1.29, 1.82) is 0 Å². The quantitative estimate of drug-likeness (QED) is 0.500. The van der Waals surface area contributed by atoms with E-state index in [4.69, 9.17) is 6.42 Å². The fourth-order valence-corrected chi connectivity index (χ4v) is 0.592. The molecule has 0 unspecified atom stereocenters. The lowest BCUT2D eigenvalue weighted by Gasteiger charge is -2.08. The Labute approximate surface area is 55.8 Å². The lowest BCUT2D eigenvalue weighted by atomic mass is 10.4. The summed E-state index contributed by atoms with van der Waals surface area (Å²) in [5, 5.41) is 0. The number of carbonyl (C=O) groups excluding carboxylic acids is 1. The molecular weight excluding hydrogens is 114 g/mol. The van der Waals surface area contributed by atoms with Crippen LogP contribution < -0.4 is 0 Å². The van der Waals surface area contributed by atoms with Crippen molar-refractivity contribution in [1.82, 2.24) is 4.90 Å². The minimum absolute atomic E-state index is 0.146. The number of hydrogen-bond acceptors (Lipinski definition) is 2. The molecule has 0 radical (unpaired) electrons. The Kier molecular flexibility index (Phi) is 3.74. The summed E-state index contributed by atoms with van der Waals surface area (Å²) in [5.41, 5.74) is 0. The first-order valence-electron chi connectivity index (χ1n) is 2.78. The standard InChI is InChI=1S/C7H11NO/c1-4-5-8(3)6-7(2)9/h1H,5-6H2,2-3H3. The van der Waals surface area contributed by atoms with Crippen molar-refractivity contribution in [2.45, 2.75) is 6.92 Å². The van der Waals surface area contributed by atoms with E-state index in [-0.39, 0.29) is 5.78 Å². The topological polar surface area (TPSA) is 20.3 Å². The summed E-state index contributed by atoms with van der Waals surface area (Å²) in [5.74, 6) is 2.59. The van der Waals surface area contributed by atoms with Gasteiger partial charge in [0.2, 0.25) is 0 Å². The van der Waals surface area contributed by atoms with Crippen molar-refractivity contribution in [2.75, 3.05) is 20.1 Å². The van der Waals surface area contributed by atoms with Crippen molar-refractivity contribution in [2.24, 2.45) is 0 Å². The van der Waals surface area contributed by atoms with E-state index in [0.717, 1.165) is 0 Å². The van der Waals surface area contributed by atoms with Gasteiger partial charge in [0.05, 0.1) is 13.1 Å². The van der Waals surface area contributed by atoms with Crippen molar-refractivity contribution < 1.29 is 4.79 Å². The van der Waals surface area contributed by atoms with Crippen molar-refractivity contribution in [3.63, 3.8) is 0 Å². The molecule has 0 rings (SSSR count). The van der Waals surface area contributed by atoms with Crippen LogP contribution in [-0.2, 0) is 4.79 Å². The monoisotopic (exact) mass is 125 g/mol. The van der Waals surface area contributed by atoms with E-state index in [2.05, 4.69) is 5.92 Å². The molecule has 0 atom stereocenters. The smallest absolute Gasteiger partial charge is 0.143 e. The Morgan fingerprint density at radius 3 is 2.67 bits per heavy atom. The highest BCUT2D eigenvalue weighted by atomic mass is 16.1.